The molecular weight excluding hydrogens is 215 g/mol. The van der Waals surface area contributed by atoms with E-state index >= 15 is 0 Å². The van der Waals surface area contributed by atoms with Gasteiger partial charge in [-0.3, -0.25) is 4.98 Å². The van der Waals surface area contributed by atoms with Gasteiger partial charge in [0.2, 0.25) is 0 Å². The van der Waals surface area contributed by atoms with Crippen LogP contribution in [0.5, 0.6) is 0 Å². The highest BCUT2D eigenvalue weighted by molar-refractivity contribution is 5.63. The molecule has 4 heteroatoms. The molecular formula is C12H8F3N. The highest BCUT2D eigenvalue weighted by Crippen LogP contribution is 2.27. The van der Waals surface area contributed by atoms with E-state index in [1.807, 2.05) is 0 Å². The zero-order valence-corrected chi connectivity index (χ0v) is 8.20. The van der Waals surface area contributed by atoms with Crippen molar-refractivity contribution in [2.45, 2.75) is 6.43 Å². The van der Waals surface area contributed by atoms with Crippen molar-refractivity contribution in [1.82, 2.24) is 4.98 Å². The van der Waals surface area contributed by atoms with Crippen LogP contribution in [-0.4, -0.2) is 4.98 Å². The molecule has 2 rings (SSSR count). The average molecular weight is 223 g/mol. The molecule has 0 amide bonds. The molecule has 0 saturated heterocycles. The largest absolute Gasteiger partial charge is 0.266 e. The highest BCUT2D eigenvalue weighted by atomic mass is 19.3. The van der Waals surface area contributed by atoms with Gasteiger partial charge in [-0.15, -0.1) is 0 Å². The van der Waals surface area contributed by atoms with E-state index in [4.69, 9.17) is 0 Å². The third-order valence-corrected chi connectivity index (χ3v) is 2.24. The maximum Gasteiger partial charge on any atom is 0.266 e. The van der Waals surface area contributed by atoms with E-state index < -0.39 is 17.8 Å². The highest BCUT2D eigenvalue weighted by Gasteiger charge is 2.14. The molecule has 0 bridgehead atoms. The van der Waals surface area contributed by atoms with Crippen molar-refractivity contribution in [3.05, 3.63) is 54.1 Å². The quantitative estimate of drug-likeness (QED) is 0.754. The summed E-state index contributed by atoms with van der Waals surface area (Å²) in [5.41, 5.74) is 0.713. The number of alkyl halides is 2. The minimum Gasteiger partial charge on any atom is -0.265 e. The topological polar surface area (TPSA) is 12.9 Å². The van der Waals surface area contributed by atoms with Crippen LogP contribution in [0, 0.1) is 5.82 Å². The van der Waals surface area contributed by atoms with Gasteiger partial charge in [0.15, 0.2) is 0 Å². The zero-order valence-electron chi connectivity index (χ0n) is 8.20. The lowest BCUT2D eigenvalue weighted by molar-refractivity contribution is 0.146. The Bertz CT molecular complexity index is 483. The summed E-state index contributed by atoms with van der Waals surface area (Å²) in [5.74, 6) is -0.882. The van der Waals surface area contributed by atoms with E-state index in [9.17, 15) is 13.2 Å². The second-order valence-electron chi connectivity index (χ2n) is 3.27. The minimum atomic E-state index is -2.80. The van der Waals surface area contributed by atoms with Gasteiger partial charge in [0.25, 0.3) is 6.43 Å². The number of hydrogen-bond acceptors (Lipinski definition) is 1. The molecule has 0 atom stereocenters. The van der Waals surface area contributed by atoms with Crippen molar-refractivity contribution >= 4 is 0 Å². The van der Waals surface area contributed by atoms with E-state index in [1.165, 1.54) is 6.07 Å². The first-order valence-corrected chi connectivity index (χ1v) is 4.66. The van der Waals surface area contributed by atoms with Gasteiger partial charge >= 0.3 is 0 Å². The van der Waals surface area contributed by atoms with Crippen LogP contribution in [0.1, 0.15) is 12.0 Å². The predicted octanol–water partition coefficient (Wildman–Crippen LogP) is 3.83. The molecule has 0 spiro atoms. The first-order chi connectivity index (χ1) is 7.68. The number of aromatic nitrogens is 1. The van der Waals surface area contributed by atoms with Crippen molar-refractivity contribution in [3.8, 4) is 11.1 Å². The average Bonchev–Trinajstić information content (AvgIpc) is 2.30. The van der Waals surface area contributed by atoms with E-state index in [-0.39, 0.29) is 0 Å². The maximum absolute atomic E-state index is 13.0. The molecule has 1 aromatic carbocycles. The summed E-state index contributed by atoms with van der Waals surface area (Å²) in [6, 6.07) is 7.05. The third kappa shape index (κ3) is 2.05. The number of benzene rings is 1. The normalized spacial score (nSPS) is 10.8. The second-order valence-corrected chi connectivity index (χ2v) is 3.27. The van der Waals surface area contributed by atoms with Crippen molar-refractivity contribution in [2.75, 3.05) is 0 Å². The lowest BCUT2D eigenvalue weighted by Gasteiger charge is -2.05. The van der Waals surface area contributed by atoms with Crippen molar-refractivity contribution in [2.24, 2.45) is 0 Å². The zero-order chi connectivity index (χ0) is 11.5. The monoisotopic (exact) mass is 223 g/mol. The summed E-state index contributed by atoms with van der Waals surface area (Å²) in [7, 11) is 0. The van der Waals surface area contributed by atoms with Gasteiger partial charge in [-0.05, 0) is 35.4 Å². The maximum atomic E-state index is 13.0. The Morgan fingerprint density at radius 2 is 1.62 bits per heavy atom. The Hall–Kier alpha value is -1.84. The number of hydrogen-bond donors (Lipinski definition) is 0. The summed E-state index contributed by atoms with van der Waals surface area (Å²) in [6.07, 6.45) is 0.309. The van der Waals surface area contributed by atoms with Crippen LogP contribution >= 0.6 is 0 Å². The number of halogens is 3. The lowest BCUT2D eigenvalue weighted by atomic mass is 10.0. The first kappa shape index (κ1) is 10.7. The van der Waals surface area contributed by atoms with Crippen LogP contribution in [-0.2, 0) is 0 Å². The number of pyridine rings is 1. The van der Waals surface area contributed by atoms with Crippen LogP contribution in [0.25, 0.3) is 11.1 Å². The van der Waals surface area contributed by atoms with Gasteiger partial charge in [-0.2, -0.15) is 0 Å². The fourth-order valence-electron chi connectivity index (χ4n) is 1.43. The van der Waals surface area contributed by atoms with Crippen molar-refractivity contribution in [1.29, 1.82) is 0 Å². The Morgan fingerprint density at radius 1 is 0.938 bits per heavy atom. The Balaban J connectivity index is 2.48. The third-order valence-electron chi connectivity index (χ3n) is 2.24. The fraction of sp³-hybridized carbons (Fsp3) is 0.0833. The molecule has 0 aliphatic rings. The Morgan fingerprint density at radius 3 is 2.25 bits per heavy atom. The SMILES string of the molecule is Fc1ccc(-c2ccncc2)cc1C(F)F. The van der Waals surface area contributed by atoms with E-state index in [0.29, 0.717) is 5.56 Å². The van der Waals surface area contributed by atoms with E-state index in [2.05, 4.69) is 4.98 Å². The lowest BCUT2D eigenvalue weighted by Crippen LogP contribution is -1.91. The molecule has 0 N–H and O–H groups in total. The second kappa shape index (κ2) is 4.35. The molecule has 0 aliphatic heterocycles. The van der Waals surface area contributed by atoms with Crippen LogP contribution in [0.15, 0.2) is 42.7 Å². The molecule has 1 heterocycles. The van der Waals surface area contributed by atoms with Gasteiger partial charge in [0.05, 0.1) is 5.56 Å². The molecule has 16 heavy (non-hydrogen) atoms. The molecule has 0 unspecified atom stereocenters. The summed E-state index contributed by atoms with van der Waals surface area (Å²) < 4.78 is 38.0. The molecule has 0 aliphatic carbocycles. The fourth-order valence-corrected chi connectivity index (χ4v) is 1.43. The van der Waals surface area contributed by atoms with Crippen LogP contribution < -0.4 is 0 Å². The van der Waals surface area contributed by atoms with Crippen LogP contribution in [0.2, 0.25) is 0 Å². The molecule has 0 saturated carbocycles. The van der Waals surface area contributed by atoms with Crippen molar-refractivity contribution in [3.63, 3.8) is 0 Å². The molecule has 1 aromatic heterocycles. The Kier molecular flexibility index (Phi) is 2.90. The smallest absolute Gasteiger partial charge is 0.265 e. The molecule has 1 nitrogen and oxygen atoms in total. The number of nitrogens with zero attached hydrogens (tertiary/aromatic N) is 1. The van der Waals surface area contributed by atoms with Gasteiger partial charge in [-0.1, -0.05) is 6.07 Å². The van der Waals surface area contributed by atoms with Crippen LogP contribution in [0.3, 0.4) is 0 Å². The van der Waals surface area contributed by atoms with Crippen molar-refractivity contribution < 1.29 is 13.2 Å². The molecule has 0 fully saturated rings. The standard InChI is InChI=1S/C12H8F3N/c13-11-2-1-9(7-10(11)12(14)15)8-3-5-16-6-4-8/h1-7,12H. The summed E-state index contributed by atoms with van der Waals surface area (Å²) in [6.45, 7) is 0. The minimum absolute atomic E-state index is 0.555. The van der Waals surface area contributed by atoms with Gasteiger partial charge < -0.3 is 0 Å². The van der Waals surface area contributed by atoms with Crippen LogP contribution in [0.4, 0.5) is 13.2 Å². The van der Waals surface area contributed by atoms with E-state index in [0.717, 1.165) is 17.7 Å². The van der Waals surface area contributed by atoms with Gasteiger partial charge in [0.1, 0.15) is 5.82 Å². The molecule has 82 valence electrons. The molecule has 2 aromatic rings. The van der Waals surface area contributed by atoms with Gasteiger partial charge in [-0.25, -0.2) is 13.2 Å². The number of rotatable bonds is 2. The first-order valence-electron chi connectivity index (χ1n) is 4.66. The summed E-state index contributed by atoms with van der Waals surface area (Å²) >= 11 is 0. The molecule has 0 radical (unpaired) electrons. The summed E-state index contributed by atoms with van der Waals surface area (Å²) in [4.78, 5) is 3.82. The van der Waals surface area contributed by atoms with Gasteiger partial charge in [0, 0.05) is 12.4 Å². The van der Waals surface area contributed by atoms with E-state index in [1.54, 1.807) is 24.5 Å². The summed E-state index contributed by atoms with van der Waals surface area (Å²) in [5, 5.41) is 0. The predicted molar refractivity (Wildman–Crippen MR) is 54.6 cm³/mol. The Labute approximate surface area is 90.6 Å².